The van der Waals surface area contributed by atoms with Crippen LogP contribution in [0.1, 0.15) is 32.3 Å². The van der Waals surface area contributed by atoms with Crippen LogP contribution in [0.4, 0.5) is 4.39 Å². The molecule has 0 aromatic heterocycles. The Kier molecular flexibility index (Phi) is 7.61. The number of halogens is 1. The number of piperazine rings is 2. The van der Waals surface area contributed by atoms with Gasteiger partial charge in [0.2, 0.25) is 11.8 Å². The number of nitrogens with one attached hydrogen (secondary N) is 1. The molecule has 160 valence electrons. The molecule has 2 aliphatic rings. The Balaban J connectivity index is 1.49. The lowest BCUT2D eigenvalue weighted by Gasteiger charge is -2.38. The zero-order valence-corrected chi connectivity index (χ0v) is 17.6. The number of nitrogens with zero attached hydrogens (tertiary/aromatic N) is 3. The second-order valence-electron chi connectivity index (χ2n) is 8.52. The van der Waals surface area contributed by atoms with E-state index in [4.69, 9.17) is 0 Å². The fraction of sp³-hybridized carbons (Fsp3) is 0.636. The van der Waals surface area contributed by atoms with Crippen LogP contribution in [0.5, 0.6) is 0 Å². The summed E-state index contributed by atoms with van der Waals surface area (Å²) in [6.45, 7) is 10.2. The molecule has 0 spiro atoms. The van der Waals surface area contributed by atoms with E-state index >= 15 is 0 Å². The molecule has 2 fully saturated rings. The molecule has 0 bridgehead atoms. The largest absolute Gasteiger partial charge is 0.353 e. The zero-order chi connectivity index (χ0) is 20.8. The molecule has 1 aromatic carbocycles. The predicted octanol–water partition coefficient (Wildman–Crippen LogP) is 1.71. The van der Waals surface area contributed by atoms with E-state index in [9.17, 15) is 14.0 Å². The Bertz CT molecular complexity index is 704. The van der Waals surface area contributed by atoms with E-state index in [1.54, 1.807) is 12.1 Å². The fourth-order valence-corrected chi connectivity index (χ4v) is 4.02. The molecule has 1 N–H and O–H groups in total. The lowest BCUT2D eigenvalue weighted by atomic mass is 10.0. The first kappa shape index (κ1) is 21.7. The van der Waals surface area contributed by atoms with Crippen LogP contribution in [0.3, 0.4) is 0 Å². The third-order valence-electron chi connectivity index (χ3n) is 5.82. The molecule has 7 heteroatoms. The highest BCUT2D eigenvalue weighted by Crippen LogP contribution is 2.15. The number of carbonyl (C=O) groups is 2. The molecule has 2 heterocycles. The van der Waals surface area contributed by atoms with E-state index in [2.05, 4.69) is 29.0 Å². The Morgan fingerprint density at radius 2 is 1.97 bits per heavy atom. The molecule has 2 amide bonds. The van der Waals surface area contributed by atoms with Gasteiger partial charge in [0.25, 0.3) is 0 Å². The van der Waals surface area contributed by atoms with Crippen molar-refractivity contribution in [2.24, 2.45) is 5.92 Å². The van der Waals surface area contributed by atoms with Crippen LogP contribution in [-0.2, 0) is 16.1 Å². The van der Waals surface area contributed by atoms with Crippen molar-refractivity contribution >= 4 is 11.8 Å². The molecule has 2 saturated heterocycles. The smallest absolute Gasteiger partial charge is 0.237 e. The zero-order valence-electron chi connectivity index (χ0n) is 17.6. The minimum atomic E-state index is -0.361. The predicted molar refractivity (Wildman–Crippen MR) is 111 cm³/mol. The standard InChI is InChI=1S/C22H33FN4O2/c1-17(2)6-8-26-9-7-24-22(29)20(26)15-21(28)27-12-10-25(11-13-27)16-18-4-3-5-19(23)14-18/h3-5,14,17,20H,6-13,15-16H2,1-2H3,(H,24,29)/t20-/m0/s1. The highest BCUT2D eigenvalue weighted by atomic mass is 19.1. The second kappa shape index (κ2) is 10.2. The first-order valence-electron chi connectivity index (χ1n) is 10.7. The van der Waals surface area contributed by atoms with E-state index in [0.717, 1.165) is 38.2 Å². The van der Waals surface area contributed by atoms with Crippen molar-refractivity contribution in [3.63, 3.8) is 0 Å². The minimum absolute atomic E-state index is 0.0295. The van der Waals surface area contributed by atoms with Crippen LogP contribution >= 0.6 is 0 Å². The Labute approximate surface area is 173 Å². The average Bonchev–Trinajstić information content (AvgIpc) is 2.69. The molecular weight excluding hydrogens is 371 g/mol. The summed E-state index contributed by atoms with van der Waals surface area (Å²) in [7, 11) is 0. The summed E-state index contributed by atoms with van der Waals surface area (Å²) in [5, 5.41) is 2.91. The topological polar surface area (TPSA) is 55.9 Å². The molecule has 2 aliphatic heterocycles. The van der Waals surface area contributed by atoms with Crippen LogP contribution in [0.25, 0.3) is 0 Å². The number of hydrogen-bond donors (Lipinski definition) is 1. The third kappa shape index (κ3) is 6.24. The molecule has 29 heavy (non-hydrogen) atoms. The maximum atomic E-state index is 13.4. The molecule has 0 radical (unpaired) electrons. The van der Waals surface area contributed by atoms with E-state index in [1.165, 1.54) is 6.07 Å². The van der Waals surface area contributed by atoms with E-state index in [1.807, 2.05) is 11.0 Å². The quantitative estimate of drug-likeness (QED) is 0.752. The Hall–Kier alpha value is -1.99. The maximum absolute atomic E-state index is 13.4. The molecule has 6 nitrogen and oxygen atoms in total. The number of benzene rings is 1. The summed E-state index contributed by atoms with van der Waals surface area (Å²) in [4.78, 5) is 31.5. The number of rotatable bonds is 7. The van der Waals surface area contributed by atoms with Crippen LogP contribution < -0.4 is 5.32 Å². The van der Waals surface area contributed by atoms with Crippen molar-refractivity contribution in [2.45, 2.75) is 39.3 Å². The van der Waals surface area contributed by atoms with Gasteiger partial charge < -0.3 is 10.2 Å². The maximum Gasteiger partial charge on any atom is 0.237 e. The van der Waals surface area contributed by atoms with Crippen molar-refractivity contribution in [1.82, 2.24) is 20.0 Å². The first-order chi connectivity index (χ1) is 13.9. The first-order valence-corrected chi connectivity index (χ1v) is 10.7. The van der Waals surface area contributed by atoms with Crippen LogP contribution in [0.15, 0.2) is 24.3 Å². The number of amides is 2. The van der Waals surface area contributed by atoms with Gasteiger partial charge in [-0.25, -0.2) is 4.39 Å². The number of hydrogen-bond acceptors (Lipinski definition) is 4. The highest BCUT2D eigenvalue weighted by molar-refractivity contribution is 5.88. The van der Waals surface area contributed by atoms with Crippen LogP contribution in [-0.4, -0.2) is 78.4 Å². The lowest BCUT2D eigenvalue weighted by Crippen LogP contribution is -2.57. The molecule has 0 saturated carbocycles. The van der Waals surface area contributed by atoms with Gasteiger partial charge >= 0.3 is 0 Å². The average molecular weight is 405 g/mol. The van der Waals surface area contributed by atoms with Gasteiger partial charge in [-0.3, -0.25) is 19.4 Å². The molecule has 0 unspecified atom stereocenters. The van der Waals surface area contributed by atoms with E-state index in [0.29, 0.717) is 32.1 Å². The molecule has 3 rings (SSSR count). The van der Waals surface area contributed by atoms with Gasteiger partial charge in [-0.1, -0.05) is 26.0 Å². The van der Waals surface area contributed by atoms with E-state index < -0.39 is 0 Å². The van der Waals surface area contributed by atoms with Crippen molar-refractivity contribution < 1.29 is 14.0 Å². The minimum Gasteiger partial charge on any atom is -0.353 e. The van der Waals surface area contributed by atoms with Gasteiger partial charge in [0.15, 0.2) is 0 Å². The van der Waals surface area contributed by atoms with Gasteiger partial charge in [-0.15, -0.1) is 0 Å². The van der Waals surface area contributed by atoms with Gasteiger partial charge in [0, 0.05) is 45.8 Å². The SMILES string of the molecule is CC(C)CCN1CCNC(=O)[C@@H]1CC(=O)N1CCN(Cc2cccc(F)c2)CC1. The van der Waals surface area contributed by atoms with Crippen molar-refractivity contribution in [3.8, 4) is 0 Å². The molecule has 1 aromatic rings. The van der Waals surface area contributed by atoms with Gasteiger partial charge in [0.05, 0.1) is 12.5 Å². The van der Waals surface area contributed by atoms with Crippen molar-refractivity contribution in [3.05, 3.63) is 35.6 Å². The highest BCUT2D eigenvalue weighted by Gasteiger charge is 2.33. The fourth-order valence-electron chi connectivity index (χ4n) is 4.02. The monoisotopic (exact) mass is 404 g/mol. The summed E-state index contributed by atoms with van der Waals surface area (Å²) in [5.41, 5.74) is 0.949. The van der Waals surface area contributed by atoms with Gasteiger partial charge in [-0.2, -0.15) is 0 Å². The van der Waals surface area contributed by atoms with Gasteiger partial charge in [0.1, 0.15) is 5.82 Å². The summed E-state index contributed by atoms with van der Waals surface area (Å²) < 4.78 is 13.4. The van der Waals surface area contributed by atoms with Crippen LogP contribution in [0.2, 0.25) is 0 Å². The van der Waals surface area contributed by atoms with Crippen molar-refractivity contribution in [1.29, 1.82) is 0 Å². The Morgan fingerprint density at radius 3 is 2.66 bits per heavy atom. The summed E-state index contributed by atoms with van der Waals surface area (Å²) in [6.07, 6.45) is 1.27. The lowest BCUT2D eigenvalue weighted by molar-refractivity contribution is -0.140. The van der Waals surface area contributed by atoms with Gasteiger partial charge in [-0.05, 0) is 36.6 Å². The summed E-state index contributed by atoms with van der Waals surface area (Å²) in [6, 6.07) is 6.30. The summed E-state index contributed by atoms with van der Waals surface area (Å²) >= 11 is 0. The van der Waals surface area contributed by atoms with Crippen molar-refractivity contribution in [2.75, 3.05) is 45.8 Å². The summed E-state index contributed by atoms with van der Waals surface area (Å²) in [5.74, 6) is 0.372. The molecule has 0 aliphatic carbocycles. The Morgan fingerprint density at radius 1 is 1.21 bits per heavy atom. The number of carbonyl (C=O) groups excluding carboxylic acids is 2. The van der Waals surface area contributed by atoms with Crippen LogP contribution in [0, 0.1) is 11.7 Å². The molecule has 1 atom stereocenters. The second-order valence-corrected chi connectivity index (χ2v) is 8.52. The van der Waals surface area contributed by atoms with E-state index in [-0.39, 0.29) is 30.1 Å². The molecular formula is C22H33FN4O2. The normalized spacial score (nSPS) is 21.4. The third-order valence-corrected chi connectivity index (χ3v) is 5.82.